The van der Waals surface area contributed by atoms with Crippen molar-refractivity contribution < 1.29 is 17.9 Å². The summed E-state index contributed by atoms with van der Waals surface area (Å²) in [5.74, 6) is 0. The Morgan fingerprint density at radius 1 is 1.33 bits per heavy atom. The normalized spacial score (nSPS) is 17.2. The van der Waals surface area contributed by atoms with Crippen LogP contribution in [0.15, 0.2) is 0 Å². The third kappa shape index (κ3) is 7.07. The maximum Gasteiger partial charge on any atom is 0.317 e. The van der Waals surface area contributed by atoms with Crippen molar-refractivity contribution in [1.29, 1.82) is 0 Å². The number of ether oxygens (including phenoxy) is 1. The number of carbonyl (C=O) groups is 1. The van der Waals surface area contributed by atoms with E-state index in [-0.39, 0.29) is 18.2 Å². The standard InChI is InChI=1S/C12H26N4O4S/c1-10(2)20-9-6-14-12(17)16-7-4-11(5-8-16)15-21(18,19)13-3/h10-11,13,15H,4-9H2,1-3H3,(H,14,17). The molecule has 3 N–H and O–H groups in total. The summed E-state index contributed by atoms with van der Waals surface area (Å²) in [7, 11) is -2.05. The van der Waals surface area contributed by atoms with Crippen LogP contribution in [-0.2, 0) is 14.9 Å². The molecule has 0 bridgehead atoms. The van der Waals surface area contributed by atoms with Crippen LogP contribution in [0.1, 0.15) is 26.7 Å². The first-order valence-corrected chi connectivity index (χ1v) is 8.67. The summed E-state index contributed by atoms with van der Waals surface area (Å²) in [5, 5.41) is 2.79. The molecule has 2 amide bonds. The lowest BCUT2D eigenvalue weighted by Crippen LogP contribution is -2.51. The molecule has 1 fully saturated rings. The Morgan fingerprint density at radius 2 is 1.95 bits per heavy atom. The monoisotopic (exact) mass is 322 g/mol. The maximum atomic E-state index is 11.9. The van der Waals surface area contributed by atoms with E-state index in [0.29, 0.717) is 39.1 Å². The quantitative estimate of drug-likeness (QED) is 0.557. The highest BCUT2D eigenvalue weighted by Crippen LogP contribution is 2.10. The number of rotatable bonds is 7. The van der Waals surface area contributed by atoms with Gasteiger partial charge in [0.1, 0.15) is 0 Å². The predicted octanol–water partition coefficient (Wildman–Crippen LogP) is -0.361. The molecule has 0 aromatic heterocycles. The molecule has 0 aromatic rings. The van der Waals surface area contributed by atoms with Gasteiger partial charge >= 0.3 is 6.03 Å². The van der Waals surface area contributed by atoms with Crippen molar-refractivity contribution in [1.82, 2.24) is 19.7 Å². The minimum absolute atomic E-state index is 0.128. The molecule has 124 valence electrons. The summed E-state index contributed by atoms with van der Waals surface area (Å²) in [6.07, 6.45) is 1.37. The summed E-state index contributed by atoms with van der Waals surface area (Å²) in [6, 6.07) is -0.256. The number of likely N-dealkylation sites (tertiary alicyclic amines) is 1. The minimum atomic E-state index is -3.42. The van der Waals surface area contributed by atoms with E-state index in [1.807, 2.05) is 13.8 Å². The fourth-order valence-electron chi connectivity index (χ4n) is 2.04. The molecule has 1 rings (SSSR count). The number of urea groups is 1. The van der Waals surface area contributed by atoms with E-state index < -0.39 is 10.2 Å². The highest BCUT2D eigenvalue weighted by molar-refractivity contribution is 7.87. The molecule has 21 heavy (non-hydrogen) atoms. The first-order chi connectivity index (χ1) is 9.84. The van der Waals surface area contributed by atoms with E-state index >= 15 is 0 Å². The molecule has 1 saturated heterocycles. The van der Waals surface area contributed by atoms with E-state index in [2.05, 4.69) is 14.8 Å². The van der Waals surface area contributed by atoms with Gasteiger partial charge in [-0.15, -0.1) is 0 Å². The maximum absolute atomic E-state index is 11.9. The summed E-state index contributed by atoms with van der Waals surface area (Å²) in [5.41, 5.74) is 0. The largest absolute Gasteiger partial charge is 0.377 e. The molecule has 0 radical (unpaired) electrons. The molecule has 0 aromatic carbocycles. The second kappa shape index (κ2) is 8.52. The van der Waals surface area contributed by atoms with Gasteiger partial charge in [0, 0.05) is 32.7 Å². The molecule has 0 unspecified atom stereocenters. The Hall–Kier alpha value is -0.900. The molecule has 1 aliphatic rings. The second-order valence-corrected chi connectivity index (χ2v) is 6.89. The zero-order valence-electron chi connectivity index (χ0n) is 12.9. The van der Waals surface area contributed by atoms with Crippen molar-refractivity contribution in [2.75, 3.05) is 33.3 Å². The van der Waals surface area contributed by atoms with Crippen molar-refractivity contribution in [3.05, 3.63) is 0 Å². The molecule has 1 heterocycles. The van der Waals surface area contributed by atoms with Gasteiger partial charge in [-0.3, -0.25) is 0 Å². The van der Waals surface area contributed by atoms with Crippen LogP contribution in [0.3, 0.4) is 0 Å². The molecule has 8 nitrogen and oxygen atoms in total. The molecular formula is C12H26N4O4S. The van der Waals surface area contributed by atoms with Crippen LogP contribution in [0.2, 0.25) is 0 Å². The van der Waals surface area contributed by atoms with Crippen LogP contribution in [0.25, 0.3) is 0 Å². The Kier molecular flexibility index (Phi) is 7.36. The second-order valence-electron chi connectivity index (χ2n) is 5.24. The smallest absolute Gasteiger partial charge is 0.317 e. The number of nitrogens with one attached hydrogen (secondary N) is 3. The third-order valence-corrected chi connectivity index (χ3v) is 4.38. The Balaban J connectivity index is 2.24. The first kappa shape index (κ1) is 18.1. The number of amides is 2. The summed E-state index contributed by atoms with van der Waals surface area (Å²) >= 11 is 0. The van der Waals surface area contributed by atoms with E-state index in [1.165, 1.54) is 7.05 Å². The van der Waals surface area contributed by atoms with Crippen LogP contribution in [0.4, 0.5) is 4.79 Å². The van der Waals surface area contributed by atoms with Gasteiger partial charge in [0.05, 0.1) is 12.7 Å². The van der Waals surface area contributed by atoms with Gasteiger partial charge in [-0.1, -0.05) is 0 Å². The Morgan fingerprint density at radius 3 is 2.48 bits per heavy atom. The van der Waals surface area contributed by atoms with Crippen LogP contribution in [0, 0.1) is 0 Å². The summed E-state index contributed by atoms with van der Waals surface area (Å²) in [6.45, 7) is 5.92. The topological polar surface area (TPSA) is 99.8 Å². The average Bonchev–Trinajstić information content (AvgIpc) is 2.43. The minimum Gasteiger partial charge on any atom is -0.377 e. The highest BCUT2D eigenvalue weighted by Gasteiger charge is 2.25. The Labute approximate surface area is 126 Å². The van der Waals surface area contributed by atoms with Crippen LogP contribution in [0.5, 0.6) is 0 Å². The molecule has 0 aliphatic carbocycles. The number of hydrogen-bond acceptors (Lipinski definition) is 4. The Bertz CT molecular complexity index is 419. The van der Waals surface area contributed by atoms with Crippen LogP contribution >= 0.6 is 0 Å². The van der Waals surface area contributed by atoms with Gasteiger partial charge in [0.2, 0.25) is 0 Å². The van der Waals surface area contributed by atoms with Crippen molar-refractivity contribution in [2.24, 2.45) is 0 Å². The molecule has 1 aliphatic heterocycles. The zero-order valence-corrected chi connectivity index (χ0v) is 13.7. The van der Waals surface area contributed by atoms with Crippen molar-refractivity contribution in [3.63, 3.8) is 0 Å². The molecule has 0 saturated carbocycles. The van der Waals surface area contributed by atoms with Crippen LogP contribution < -0.4 is 14.8 Å². The fourth-order valence-corrected chi connectivity index (χ4v) is 2.84. The molecule has 9 heteroatoms. The fraction of sp³-hybridized carbons (Fsp3) is 0.917. The van der Waals surface area contributed by atoms with Gasteiger partial charge < -0.3 is 15.0 Å². The molecular weight excluding hydrogens is 296 g/mol. The van der Waals surface area contributed by atoms with Gasteiger partial charge in [-0.2, -0.15) is 13.1 Å². The van der Waals surface area contributed by atoms with E-state index in [9.17, 15) is 13.2 Å². The highest BCUT2D eigenvalue weighted by atomic mass is 32.2. The van der Waals surface area contributed by atoms with Crippen molar-refractivity contribution >= 4 is 16.2 Å². The van der Waals surface area contributed by atoms with Gasteiger partial charge in [-0.05, 0) is 26.7 Å². The first-order valence-electron chi connectivity index (χ1n) is 7.19. The van der Waals surface area contributed by atoms with Crippen LogP contribution in [-0.4, -0.2) is 64.8 Å². The lowest BCUT2D eigenvalue weighted by atomic mass is 10.1. The summed E-state index contributed by atoms with van der Waals surface area (Å²) < 4.78 is 32.9. The van der Waals surface area contributed by atoms with E-state index in [4.69, 9.17) is 4.74 Å². The number of piperidine rings is 1. The van der Waals surface area contributed by atoms with E-state index in [0.717, 1.165) is 0 Å². The zero-order chi connectivity index (χ0) is 15.9. The lowest BCUT2D eigenvalue weighted by molar-refractivity contribution is 0.0803. The summed E-state index contributed by atoms with van der Waals surface area (Å²) in [4.78, 5) is 13.6. The SMILES string of the molecule is CNS(=O)(=O)NC1CCN(C(=O)NCCOC(C)C)CC1. The predicted molar refractivity (Wildman–Crippen MR) is 80.2 cm³/mol. The van der Waals surface area contributed by atoms with Gasteiger partial charge in [-0.25, -0.2) is 9.52 Å². The third-order valence-electron chi connectivity index (χ3n) is 3.20. The molecule has 0 spiro atoms. The number of hydrogen-bond donors (Lipinski definition) is 3. The molecule has 0 atom stereocenters. The van der Waals surface area contributed by atoms with Crippen molar-refractivity contribution in [2.45, 2.75) is 38.8 Å². The average molecular weight is 322 g/mol. The van der Waals surface area contributed by atoms with Crippen molar-refractivity contribution in [3.8, 4) is 0 Å². The lowest BCUT2D eigenvalue weighted by Gasteiger charge is -2.32. The van der Waals surface area contributed by atoms with Gasteiger partial charge in [0.25, 0.3) is 10.2 Å². The number of carbonyl (C=O) groups excluding carboxylic acids is 1. The van der Waals surface area contributed by atoms with E-state index in [1.54, 1.807) is 4.90 Å². The van der Waals surface area contributed by atoms with Gasteiger partial charge in [0.15, 0.2) is 0 Å². The number of nitrogens with zero attached hydrogens (tertiary/aromatic N) is 1.